The lowest BCUT2D eigenvalue weighted by molar-refractivity contribution is -0.111. The number of anilines is 4. The molecule has 1 aliphatic carbocycles. The molecule has 38 heavy (non-hydrogen) atoms. The smallest absolute Gasteiger partial charge is 0.247 e. The average molecular weight is 530 g/mol. The van der Waals surface area contributed by atoms with Crippen molar-refractivity contribution in [2.24, 2.45) is 0 Å². The Balaban J connectivity index is 1.47. The number of rotatable bonds is 10. The summed E-state index contributed by atoms with van der Waals surface area (Å²) in [4.78, 5) is 25.6. The van der Waals surface area contributed by atoms with Crippen LogP contribution in [-0.2, 0) is 4.79 Å². The van der Waals surface area contributed by atoms with E-state index in [9.17, 15) is 4.79 Å². The van der Waals surface area contributed by atoms with Crippen LogP contribution in [0.15, 0.2) is 67.5 Å². The number of halogens is 1. The van der Waals surface area contributed by atoms with Crippen molar-refractivity contribution in [3.8, 4) is 11.3 Å². The summed E-state index contributed by atoms with van der Waals surface area (Å²) >= 11 is 6.72. The standard InChI is InChI=1S/C29H32ClN7O/c1-5-28(38)32-25-17-24(22(30)16-27(25)36(4)15-14-35(2)3)34-29-31-13-12-23(33-29)21-18-37(19-10-11-19)26-9-7-6-8-20(21)26/h5-9,12-13,16-19H,1,10-11,14-15H2,2-4H3,(H,32,38)(H,31,33,34). The third kappa shape index (κ3) is 5.51. The quantitative estimate of drug-likeness (QED) is 0.247. The Bertz CT molecular complexity index is 1490. The van der Waals surface area contributed by atoms with Gasteiger partial charge in [0.2, 0.25) is 11.9 Å². The number of benzene rings is 2. The molecule has 1 aliphatic rings. The van der Waals surface area contributed by atoms with Crippen molar-refractivity contribution >= 4 is 51.4 Å². The number of likely N-dealkylation sites (N-methyl/N-ethyl adjacent to an activating group) is 2. The molecule has 0 atom stereocenters. The minimum atomic E-state index is -0.300. The third-order valence-corrected chi connectivity index (χ3v) is 6.99. The molecule has 0 aliphatic heterocycles. The number of carbonyl (C=O) groups excluding carboxylic acids is 1. The SMILES string of the molecule is C=CC(=O)Nc1cc(Nc2nccc(-c3cn(C4CC4)c4ccccc34)n2)c(Cl)cc1N(C)CCN(C)C. The van der Waals surface area contributed by atoms with E-state index in [0.717, 1.165) is 30.0 Å². The zero-order valence-electron chi connectivity index (χ0n) is 21.9. The van der Waals surface area contributed by atoms with E-state index in [1.165, 1.54) is 29.8 Å². The summed E-state index contributed by atoms with van der Waals surface area (Å²) in [5, 5.41) is 7.82. The monoisotopic (exact) mass is 529 g/mol. The summed E-state index contributed by atoms with van der Waals surface area (Å²) in [5.41, 5.74) is 5.13. The van der Waals surface area contributed by atoms with Gasteiger partial charge in [-0.25, -0.2) is 9.97 Å². The van der Waals surface area contributed by atoms with E-state index in [1.54, 1.807) is 12.3 Å². The number of nitrogens with one attached hydrogen (secondary N) is 2. The van der Waals surface area contributed by atoms with Crippen molar-refractivity contribution in [2.45, 2.75) is 18.9 Å². The molecule has 5 rings (SSSR count). The molecule has 2 N–H and O–H groups in total. The van der Waals surface area contributed by atoms with Crippen LogP contribution in [0.4, 0.5) is 23.0 Å². The van der Waals surface area contributed by atoms with Gasteiger partial charge in [-0.2, -0.15) is 0 Å². The summed E-state index contributed by atoms with van der Waals surface area (Å²) in [7, 11) is 6.01. The van der Waals surface area contributed by atoms with E-state index >= 15 is 0 Å². The topological polar surface area (TPSA) is 78.3 Å². The molecule has 0 spiro atoms. The van der Waals surface area contributed by atoms with Crippen molar-refractivity contribution in [1.82, 2.24) is 19.4 Å². The predicted octanol–water partition coefficient (Wildman–Crippen LogP) is 5.95. The highest BCUT2D eigenvalue weighted by atomic mass is 35.5. The van der Waals surface area contributed by atoms with E-state index in [4.69, 9.17) is 16.6 Å². The Morgan fingerprint density at radius 3 is 2.68 bits per heavy atom. The van der Waals surface area contributed by atoms with Gasteiger partial charge in [0.1, 0.15) is 0 Å². The second kappa shape index (κ2) is 10.8. The molecule has 2 heterocycles. The molecule has 0 saturated heterocycles. The summed E-state index contributed by atoms with van der Waals surface area (Å²) in [6.45, 7) is 5.18. The van der Waals surface area contributed by atoms with Gasteiger partial charge in [0.05, 0.1) is 27.8 Å². The summed E-state index contributed by atoms with van der Waals surface area (Å²) in [6.07, 6.45) is 7.60. The normalized spacial score (nSPS) is 13.1. The first-order valence-corrected chi connectivity index (χ1v) is 13.0. The van der Waals surface area contributed by atoms with Crippen LogP contribution in [0.25, 0.3) is 22.2 Å². The highest BCUT2D eigenvalue weighted by molar-refractivity contribution is 6.34. The first-order valence-electron chi connectivity index (χ1n) is 12.7. The van der Waals surface area contributed by atoms with Crippen molar-refractivity contribution in [3.63, 3.8) is 0 Å². The second-order valence-electron chi connectivity index (χ2n) is 9.86. The van der Waals surface area contributed by atoms with E-state index in [1.807, 2.05) is 33.3 Å². The molecule has 1 saturated carbocycles. The molecule has 0 radical (unpaired) electrons. The molecular formula is C29H32ClN7O. The molecule has 1 fully saturated rings. The maximum atomic E-state index is 12.2. The molecule has 4 aromatic rings. The van der Waals surface area contributed by atoms with Gasteiger partial charge in [-0.3, -0.25) is 4.79 Å². The molecule has 196 valence electrons. The van der Waals surface area contributed by atoms with Crippen molar-refractivity contribution < 1.29 is 4.79 Å². The minimum absolute atomic E-state index is 0.300. The second-order valence-corrected chi connectivity index (χ2v) is 10.3. The Kier molecular flexibility index (Phi) is 7.35. The van der Waals surface area contributed by atoms with Gasteiger partial charge < -0.3 is 25.0 Å². The Hall–Kier alpha value is -3.88. The van der Waals surface area contributed by atoms with Gasteiger partial charge in [-0.05, 0) is 57.3 Å². The van der Waals surface area contributed by atoms with E-state index < -0.39 is 0 Å². The maximum absolute atomic E-state index is 12.2. The van der Waals surface area contributed by atoms with Gasteiger partial charge in [0.25, 0.3) is 0 Å². The van der Waals surface area contributed by atoms with Gasteiger partial charge >= 0.3 is 0 Å². The molecule has 0 unspecified atom stereocenters. The molecule has 8 nitrogen and oxygen atoms in total. The van der Waals surface area contributed by atoms with Gasteiger partial charge in [0, 0.05) is 55.0 Å². The summed E-state index contributed by atoms with van der Waals surface area (Å²) in [6, 6.07) is 14.5. The highest BCUT2D eigenvalue weighted by Crippen LogP contribution is 2.41. The van der Waals surface area contributed by atoms with Crippen molar-refractivity contribution in [1.29, 1.82) is 0 Å². The van der Waals surface area contributed by atoms with Crippen LogP contribution < -0.4 is 15.5 Å². The van der Waals surface area contributed by atoms with Gasteiger partial charge in [0.15, 0.2) is 0 Å². The number of aromatic nitrogens is 3. The fourth-order valence-electron chi connectivity index (χ4n) is 4.48. The van der Waals surface area contributed by atoms with E-state index in [2.05, 4.69) is 67.0 Å². The first kappa shape index (κ1) is 25.8. The number of amides is 1. The lowest BCUT2D eigenvalue weighted by Gasteiger charge is -2.25. The number of hydrogen-bond acceptors (Lipinski definition) is 6. The van der Waals surface area contributed by atoms with E-state index in [-0.39, 0.29) is 5.91 Å². The average Bonchev–Trinajstić information content (AvgIpc) is 3.68. The number of carbonyl (C=O) groups is 1. The lowest BCUT2D eigenvalue weighted by atomic mass is 10.1. The van der Waals surface area contributed by atoms with Crippen molar-refractivity contribution in [2.75, 3.05) is 49.8 Å². The molecule has 1 amide bonds. The van der Waals surface area contributed by atoms with Crippen LogP contribution in [0.2, 0.25) is 5.02 Å². The first-order chi connectivity index (χ1) is 18.3. The Morgan fingerprint density at radius 2 is 1.95 bits per heavy atom. The Morgan fingerprint density at radius 1 is 1.16 bits per heavy atom. The van der Waals surface area contributed by atoms with Gasteiger partial charge in [-0.15, -0.1) is 0 Å². The number of hydrogen-bond donors (Lipinski definition) is 2. The molecule has 2 aromatic carbocycles. The Labute approximate surface area is 227 Å². The van der Waals surface area contributed by atoms with Crippen molar-refractivity contribution in [3.05, 3.63) is 72.5 Å². The van der Waals surface area contributed by atoms with Crippen LogP contribution in [0.3, 0.4) is 0 Å². The summed E-state index contributed by atoms with van der Waals surface area (Å²) in [5.74, 6) is 0.119. The predicted molar refractivity (Wildman–Crippen MR) is 157 cm³/mol. The largest absolute Gasteiger partial charge is 0.372 e. The fourth-order valence-corrected chi connectivity index (χ4v) is 4.69. The minimum Gasteiger partial charge on any atom is -0.372 e. The zero-order valence-corrected chi connectivity index (χ0v) is 22.7. The molecular weight excluding hydrogens is 498 g/mol. The highest BCUT2D eigenvalue weighted by Gasteiger charge is 2.26. The summed E-state index contributed by atoms with van der Waals surface area (Å²) < 4.78 is 2.36. The maximum Gasteiger partial charge on any atom is 0.247 e. The van der Waals surface area contributed by atoms with Crippen LogP contribution in [0.1, 0.15) is 18.9 Å². The number of para-hydroxylation sites is 1. The van der Waals surface area contributed by atoms with Crippen LogP contribution in [-0.4, -0.2) is 59.6 Å². The molecule has 9 heteroatoms. The fraction of sp³-hybridized carbons (Fsp3) is 0.276. The van der Waals surface area contributed by atoms with Crippen LogP contribution >= 0.6 is 11.6 Å². The van der Waals surface area contributed by atoms with Gasteiger partial charge in [-0.1, -0.05) is 36.4 Å². The lowest BCUT2D eigenvalue weighted by Crippen LogP contribution is -2.29. The zero-order chi connectivity index (χ0) is 26.8. The molecule has 0 bridgehead atoms. The van der Waals surface area contributed by atoms with E-state index in [0.29, 0.717) is 28.4 Å². The third-order valence-electron chi connectivity index (χ3n) is 6.68. The number of nitrogens with zero attached hydrogens (tertiary/aromatic N) is 5. The molecule has 2 aromatic heterocycles. The number of fused-ring (bicyclic) bond motifs is 1. The van der Waals surface area contributed by atoms with Crippen LogP contribution in [0, 0.1) is 0 Å². The van der Waals surface area contributed by atoms with Crippen LogP contribution in [0.5, 0.6) is 0 Å².